The quantitative estimate of drug-likeness (QED) is 0.490. The highest BCUT2D eigenvalue weighted by molar-refractivity contribution is 9.10. The molecule has 0 bridgehead atoms. The molecule has 152 valence electrons. The van der Waals surface area contributed by atoms with E-state index in [4.69, 9.17) is 9.47 Å². The molecular formula is C23H20BrN3O3. The molecule has 1 heterocycles. The van der Waals surface area contributed by atoms with Crippen molar-refractivity contribution in [1.29, 1.82) is 10.5 Å². The molecule has 1 amide bonds. The molecule has 1 aliphatic heterocycles. The average Bonchev–Trinajstić information content (AvgIpc) is 3.29. The largest absolute Gasteiger partial charge is 0.488 e. The summed E-state index contributed by atoms with van der Waals surface area (Å²) in [4.78, 5) is 12.4. The number of halogens is 1. The number of rotatable bonds is 7. The molecule has 1 fully saturated rings. The van der Waals surface area contributed by atoms with Crippen LogP contribution >= 0.6 is 15.9 Å². The summed E-state index contributed by atoms with van der Waals surface area (Å²) < 4.78 is 12.2. The van der Waals surface area contributed by atoms with Crippen LogP contribution in [-0.4, -0.2) is 25.2 Å². The number of hydrogen-bond acceptors (Lipinski definition) is 5. The minimum absolute atomic E-state index is 0.00106. The van der Waals surface area contributed by atoms with Crippen LogP contribution in [0.25, 0.3) is 6.08 Å². The van der Waals surface area contributed by atoms with E-state index in [9.17, 15) is 15.3 Å². The van der Waals surface area contributed by atoms with Crippen LogP contribution in [0, 0.1) is 22.7 Å². The fourth-order valence-corrected chi connectivity index (χ4v) is 3.46. The predicted molar refractivity (Wildman–Crippen MR) is 115 cm³/mol. The zero-order chi connectivity index (χ0) is 21.3. The standard InChI is InChI=1S/C23H20BrN3O3/c24-20-7-8-22(30-15-17-5-2-1-4-16(17)12-25)18(11-20)10-19(13-26)23(28)27-14-21-6-3-9-29-21/h1-2,4-5,7-8,10-11,21H,3,6,9,14-15H2,(H,27,28). The van der Waals surface area contributed by atoms with Gasteiger partial charge in [-0.3, -0.25) is 4.79 Å². The van der Waals surface area contributed by atoms with Gasteiger partial charge in [-0.25, -0.2) is 0 Å². The van der Waals surface area contributed by atoms with Gasteiger partial charge in [0.1, 0.15) is 24.0 Å². The van der Waals surface area contributed by atoms with Gasteiger partial charge >= 0.3 is 0 Å². The Morgan fingerprint density at radius 3 is 2.87 bits per heavy atom. The highest BCUT2D eigenvalue weighted by Gasteiger charge is 2.18. The lowest BCUT2D eigenvalue weighted by molar-refractivity contribution is -0.117. The number of amides is 1. The summed E-state index contributed by atoms with van der Waals surface area (Å²) in [5.74, 6) is 0.0550. The Balaban J connectivity index is 1.76. The van der Waals surface area contributed by atoms with Crippen molar-refractivity contribution in [1.82, 2.24) is 5.32 Å². The molecule has 30 heavy (non-hydrogen) atoms. The Labute approximate surface area is 183 Å². The maximum absolute atomic E-state index is 12.4. The molecule has 1 atom stereocenters. The smallest absolute Gasteiger partial charge is 0.262 e. The normalized spacial score (nSPS) is 15.8. The lowest BCUT2D eigenvalue weighted by Crippen LogP contribution is -2.32. The Bertz CT molecular complexity index is 1030. The molecule has 7 heteroatoms. The van der Waals surface area contributed by atoms with E-state index in [1.54, 1.807) is 24.3 Å². The number of carbonyl (C=O) groups is 1. The monoisotopic (exact) mass is 465 g/mol. The van der Waals surface area contributed by atoms with Gasteiger partial charge in [-0.15, -0.1) is 0 Å². The van der Waals surface area contributed by atoms with Gasteiger partial charge in [0.25, 0.3) is 5.91 Å². The highest BCUT2D eigenvalue weighted by atomic mass is 79.9. The van der Waals surface area contributed by atoms with Gasteiger partial charge < -0.3 is 14.8 Å². The maximum Gasteiger partial charge on any atom is 0.262 e. The molecule has 2 aromatic rings. The first-order valence-corrected chi connectivity index (χ1v) is 10.3. The number of nitrogens with zero attached hydrogens (tertiary/aromatic N) is 2. The minimum Gasteiger partial charge on any atom is -0.488 e. The molecule has 6 nitrogen and oxygen atoms in total. The predicted octanol–water partition coefficient (Wildman–Crippen LogP) is 4.10. The van der Waals surface area contributed by atoms with Crippen LogP contribution < -0.4 is 10.1 Å². The fraction of sp³-hybridized carbons (Fsp3) is 0.261. The molecule has 0 radical (unpaired) electrons. The highest BCUT2D eigenvalue weighted by Crippen LogP contribution is 2.27. The first kappa shape index (κ1) is 21.6. The Morgan fingerprint density at radius 1 is 1.30 bits per heavy atom. The van der Waals surface area contributed by atoms with E-state index < -0.39 is 5.91 Å². The third-order valence-electron chi connectivity index (χ3n) is 4.67. The molecule has 0 saturated carbocycles. The van der Waals surface area contributed by atoms with Crippen LogP contribution in [0.2, 0.25) is 0 Å². The first-order chi connectivity index (χ1) is 14.6. The van der Waals surface area contributed by atoms with E-state index in [-0.39, 0.29) is 18.3 Å². The van der Waals surface area contributed by atoms with E-state index in [0.29, 0.717) is 30.0 Å². The van der Waals surface area contributed by atoms with Gasteiger partial charge in [-0.2, -0.15) is 10.5 Å². The molecule has 1 N–H and O–H groups in total. The van der Waals surface area contributed by atoms with Crippen molar-refractivity contribution in [2.24, 2.45) is 0 Å². The number of carbonyl (C=O) groups excluding carboxylic acids is 1. The zero-order valence-corrected chi connectivity index (χ0v) is 17.8. The Kier molecular flexibility index (Phi) is 7.62. The second-order valence-electron chi connectivity index (χ2n) is 6.75. The molecule has 1 saturated heterocycles. The summed E-state index contributed by atoms with van der Waals surface area (Å²) in [6.45, 7) is 1.28. The molecule has 3 rings (SSSR count). The first-order valence-electron chi connectivity index (χ1n) is 9.52. The van der Waals surface area contributed by atoms with Crippen molar-refractivity contribution < 1.29 is 14.3 Å². The second kappa shape index (κ2) is 10.6. The minimum atomic E-state index is -0.450. The number of benzene rings is 2. The lowest BCUT2D eigenvalue weighted by atomic mass is 10.1. The van der Waals surface area contributed by atoms with Crippen molar-refractivity contribution in [3.05, 3.63) is 69.2 Å². The van der Waals surface area contributed by atoms with Gasteiger partial charge in [0.05, 0.1) is 17.7 Å². The summed E-state index contributed by atoms with van der Waals surface area (Å²) in [7, 11) is 0. The molecule has 2 aromatic carbocycles. The summed E-state index contributed by atoms with van der Waals surface area (Å²) in [5, 5.41) is 21.5. The van der Waals surface area contributed by atoms with Crippen LogP contribution in [0.3, 0.4) is 0 Å². The van der Waals surface area contributed by atoms with Crippen LogP contribution in [0.15, 0.2) is 52.5 Å². The summed E-state index contributed by atoms with van der Waals surface area (Å²) in [6, 6.07) is 16.6. The number of nitrogens with one attached hydrogen (secondary N) is 1. The summed E-state index contributed by atoms with van der Waals surface area (Å²) in [6.07, 6.45) is 3.38. The van der Waals surface area contributed by atoms with Crippen molar-refractivity contribution in [3.63, 3.8) is 0 Å². The molecule has 0 aromatic heterocycles. The molecule has 0 spiro atoms. The van der Waals surface area contributed by atoms with Crippen LogP contribution in [0.4, 0.5) is 0 Å². The number of nitriles is 2. The fourth-order valence-electron chi connectivity index (χ4n) is 3.09. The van der Waals surface area contributed by atoms with Crippen molar-refractivity contribution in [2.45, 2.75) is 25.6 Å². The molecule has 1 unspecified atom stereocenters. The molecule has 0 aliphatic carbocycles. The molecule has 1 aliphatic rings. The third kappa shape index (κ3) is 5.70. The van der Waals surface area contributed by atoms with Gasteiger partial charge in [-0.05, 0) is 43.2 Å². The van der Waals surface area contributed by atoms with E-state index in [1.807, 2.05) is 24.3 Å². The van der Waals surface area contributed by atoms with E-state index in [1.165, 1.54) is 6.08 Å². The van der Waals surface area contributed by atoms with Crippen LogP contribution in [-0.2, 0) is 16.1 Å². The van der Waals surface area contributed by atoms with Gasteiger partial charge in [0.2, 0.25) is 0 Å². The Morgan fingerprint density at radius 2 is 2.13 bits per heavy atom. The third-order valence-corrected chi connectivity index (χ3v) is 5.17. The second-order valence-corrected chi connectivity index (χ2v) is 7.67. The number of ether oxygens (including phenoxy) is 2. The molecular weight excluding hydrogens is 446 g/mol. The van der Waals surface area contributed by atoms with Crippen LogP contribution in [0.5, 0.6) is 5.75 Å². The van der Waals surface area contributed by atoms with Gasteiger partial charge in [-0.1, -0.05) is 34.1 Å². The number of hydrogen-bond donors (Lipinski definition) is 1. The van der Waals surface area contributed by atoms with Crippen molar-refractivity contribution in [3.8, 4) is 17.9 Å². The van der Waals surface area contributed by atoms with Crippen molar-refractivity contribution in [2.75, 3.05) is 13.2 Å². The summed E-state index contributed by atoms with van der Waals surface area (Å²) >= 11 is 3.41. The van der Waals surface area contributed by atoms with Gasteiger partial charge in [0.15, 0.2) is 0 Å². The SMILES string of the molecule is N#CC(=Cc1cc(Br)ccc1OCc1ccccc1C#N)C(=O)NCC1CCCO1. The van der Waals surface area contributed by atoms with E-state index >= 15 is 0 Å². The average molecular weight is 466 g/mol. The topological polar surface area (TPSA) is 95.1 Å². The maximum atomic E-state index is 12.4. The van der Waals surface area contributed by atoms with E-state index in [2.05, 4.69) is 27.3 Å². The van der Waals surface area contributed by atoms with Crippen molar-refractivity contribution >= 4 is 27.9 Å². The van der Waals surface area contributed by atoms with E-state index in [0.717, 1.165) is 22.9 Å². The zero-order valence-electron chi connectivity index (χ0n) is 16.2. The van der Waals surface area contributed by atoms with Gasteiger partial charge in [0, 0.05) is 28.8 Å². The lowest BCUT2D eigenvalue weighted by Gasteiger charge is -2.12. The Hall–Kier alpha value is -3.13. The summed E-state index contributed by atoms with van der Waals surface area (Å²) in [5.41, 5.74) is 1.86. The van der Waals surface area contributed by atoms with Crippen LogP contribution in [0.1, 0.15) is 29.5 Å².